The van der Waals surface area contributed by atoms with Gasteiger partial charge in [0.15, 0.2) is 0 Å². The van der Waals surface area contributed by atoms with E-state index in [0.717, 1.165) is 31.6 Å². The molecule has 1 amide bonds. The van der Waals surface area contributed by atoms with Crippen LogP contribution in [-0.4, -0.2) is 28.9 Å². The lowest BCUT2D eigenvalue weighted by molar-refractivity contribution is -0.129. The Morgan fingerprint density at radius 3 is 2.92 bits per heavy atom. The molecular formula is C9H12N2OS. The first-order valence-corrected chi connectivity index (χ1v) is 5.45. The minimum Gasteiger partial charge on any atom is -0.342 e. The van der Waals surface area contributed by atoms with Gasteiger partial charge in [0.25, 0.3) is 0 Å². The number of hydrogen-bond acceptors (Lipinski definition) is 3. The largest absolute Gasteiger partial charge is 0.342 e. The summed E-state index contributed by atoms with van der Waals surface area (Å²) >= 11 is 1.54. The normalized spacial score (nSPS) is 16.5. The van der Waals surface area contributed by atoms with E-state index in [4.69, 9.17) is 0 Å². The van der Waals surface area contributed by atoms with Gasteiger partial charge >= 0.3 is 0 Å². The summed E-state index contributed by atoms with van der Waals surface area (Å²) in [6, 6.07) is 0. The van der Waals surface area contributed by atoms with Crippen LogP contribution in [0.2, 0.25) is 0 Å². The number of likely N-dealkylation sites (tertiary alicyclic amines) is 1. The molecule has 1 fully saturated rings. The van der Waals surface area contributed by atoms with Crippen molar-refractivity contribution in [2.75, 3.05) is 13.1 Å². The van der Waals surface area contributed by atoms with Crippen LogP contribution in [0.3, 0.4) is 0 Å². The summed E-state index contributed by atoms with van der Waals surface area (Å²) in [4.78, 5) is 17.6. The molecule has 1 aliphatic heterocycles. The maximum absolute atomic E-state index is 11.6. The highest BCUT2D eigenvalue weighted by atomic mass is 32.1. The monoisotopic (exact) mass is 196 g/mol. The van der Waals surface area contributed by atoms with Gasteiger partial charge in [0.1, 0.15) is 0 Å². The van der Waals surface area contributed by atoms with Gasteiger partial charge in [0.2, 0.25) is 5.91 Å². The molecule has 4 heteroatoms. The first-order chi connectivity index (χ1) is 6.36. The Bertz CT molecular complexity index is 278. The molecule has 13 heavy (non-hydrogen) atoms. The molecule has 0 saturated carbocycles. The van der Waals surface area contributed by atoms with E-state index in [2.05, 4.69) is 4.98 Å². The fraction of sp³-hybridized carbons (Fsp3) is 0.556. The van der Waals surface area contributed by atoms with Crippen LogP contribution < -0.4 is 0 Å². The molecule has 0 aromatic carbocycles. The average Bonchev–Trinajstić information content (AvgIpc) is 2.74. The zero-order valence-corrected chi connectivity index (χ0v) is 8.22. The topological polar surface area (TPSA) is 33.2 Å². The Kier molecular flexibility index (Phi) is 2.59. The Morgan fingerprint density at radius 1 is 1.54 bits per heavy atom. The molecule has 0 spiro atoms. The van der Waals surface area contributed by atoms with Crippen molar-refractivity contribution in [2.45, 2.75) is 19.3 Å². The number of carbonyl (C=O) groups is 1. The van der Waals surface area contributed by atoms with Crippen molar-refractivity contribution >= 4 is 17.2 Å². The molecule has 0 atom stereocenters. The van der Waals surface area contributed by atoms with E-state index in [9.17, 15) is 4.79 Å². The number of rotatable bonds is 2. The Balaban J connectivity index is 1.91. The molecule has 1 aromatic heterocycles. The minimum atomic E-state index is 0.225. The molecule has 3 nitrogen and oxygen atoms in total. The lowest BCUT2D eigenvalue weighted by Gasteiger charge is -2.13. The lowest BCUT2D eigenvalue weighted by Crippen LogP contribution is -2.29. The van der Waals surface area contributed by atoms with E-state index in [1.807, 2.05) is 10.3 Å². The van der Waals surface area contributed by atoms with Crippen LogP contribution in [0, 0.1) is 0 Å². The number of carbonyl (C=O) groups excluding carboxylic acids is 1. The summed E-state index contributed by atoms with van der Waals surface area (Å²) < 4.78 is 0. The molecule has 0 aliphatic carbocycles. The second kappa shape index (κ2) is 3.87. The molecule has 1 aliphatic rings. The Morgan fingerprint density at radius 2 is 2.31 bits per heavy atom. The van der Waals surface area contributed by atoms with Crippen molar-refractivity contribution in [1.82, 2.24) is 9.88 Å². The van der Waals surface area contributed by atoms with Crippen LogP contribution in [0.25, 0.3) is 0 Å². The van der Waals surface area contributed by atoms with Crippen molar-refractivity contribution in [3.05, 3.63) is 16.6 Å². The fourth-order valence-electron chi connectivity index (χ4n) is 1.56. The standard InChI is InChI=1S/C9H12N2OS/c12-9(11-3-1-2-4-11)5-8-6-13-7-10-8/h6-7H,1-5H2. The van der Waals surface area contributed by atoms with Crippen LogP contribution in [0.15, 0.2) is 10.9 Å². The molecular weight excluding hydrogens is 184 g/mol. The zero-order chi connectivity index (χ0) is 9.10. The number of aromatic nitrogens is 1. The molecule has 0 unspecified atom stereocenters. The SMILES string of the molecule is O=C(Cc1cscn1)N1CCCC1. The van der Waals surface area contributed by atoms with Crippen molar-refractivity contribution in [3.63, 3.8) is 0 Å². The Labute approximate surface area is 81.4 Å². The highest BCUT2D eigenvalue weighted by molar-refractivity contribution is 7.07. The molecule has 0 bridgehead atoms. The third-order valence-corrected chi connectivity index (χ3v) is 2.91. The molecule has 1 aromatic rings. The van der Waals surface area contributed by atoms with E-state index in [0.29, 0.717) is 6.42 Å². The van der Waals surface area contributed by atoms with Crippen molar-refractivity contribution < 1.29 is 4.79 Å². The third kappa shape index (κ3) is 2.06. The zero-order valence-electron chi connectivity index (χ0n) is 7.40. The molecule has 1 saturated heterocycles. The predicted octanol–water partition coefficient (Wildman–Crippen LogP) is 1.31. The minimum absolute atomic E-state index is 0.225. The lowest BCUT2D eigenvalue weighted by atomic mass is 10.3. The molecule has 2 heterocycles. The summed E-state index contributed by atoms with van der Waals surface area (Å²) in [6.07, 6.45) is 2.79. The first kappa shape index (κ1) is 8.69. The van der Waals surface area contributed by atoms with Gasteiger partial charge in [-0.3, -0.25) is 4.79 Å². The summed E-state index contributed by atoms with van der Waals surface area (Å²) in [6.45, 7) is 1.87. The number of thiazole rings is 1. The van der Waals surface area contributed by atoms with Crippen LogP contribution >= 0.6 is 11.3 Å². The van der Waals surface area contributed by atoms with Gasteiger partial charge < -0.3 is 4.90 Å². The summed E-state index contributed by atoms with van der Waals surface area (Å²) in [5.74, 6) is 0.225. The van der Waals surface area contributed by atoms with Gasteiger partial charge in [-0.1, -0.05) is 0 Å². The molecule has 2 rings (SSSR count). The second-order valence-corrected chi connectivity index (χ2v) is 3.96. The van der Waals surface area contributed by atoms with E-state index in [-0.39, 0.29) is 5.91 Å². The predicted molar refractivity (Wildman–Crippen MR) is 51.6 cm³/mol. The van der Waals surface area contributed by atoms with Crippen LogP contribution in [0.1, 0.15) is 18.5 Å². The maximum atomic E-state index is 11.6. The van der Waals surface area contributed by atoms with Gasteiger partial charge in [0.05, 0.1) is 17.6 Å². The number of amides is 1. The van der Waals surface area contributed by atoms with Crippen LogP contribution in [0.4, 0.5) is 0 Å². The molecule has 70 valence electrons. The van der Waals surface area contributed by atoms with Gasteiger partial charge in [-0.25, -0.2) is 4.98 Å². The Hall–Kier alpha value is -0.900. The van der Waals surface area contributed by atoms with E-state index in [1.54, 1.807) is 16.8 Å². The summed E-state index contributed by atoms with van der Waals surface area (Å²) in [5.41, 5.74) is 2.67. The van der Waals surface area contributed by atoms with Crippen molar-refractivity contribution in [1.29, 1.82) is 0 Å². The van der Waals surface area contributed by atoms with Gasteiger partial charge in [-0.05, 0) is 12.8 Å². The van der Waals surface area contributed by atoms with E-state index in [1.165, 1.54) is 0 Å². The van der Waals surface area contributed by atoms with Crippen LogP contribution in [-0.2, 0) is 11.2 Å². The van der Waals surface area contributed by atoms with Gasteiger partial charge in [-0.15, -0.1) is 11.3 Å². The van der Waals surface area contributed by atoms with E-state index >= 15 is 0 Å². The quantitative estimate of drug-likeness (QED) is 0.714. The number of hydrogen-bond donors (Lipinski definition) is 0. The third-order valence-electron chi connectivity index (χ3n) is 2.27. The van der Waals surface area contributed by atoms with Gasteiger partial charge in [-0.2, -0.15) is 0 Å². The van der Waals surface area contributed by atoms with Crippen molar-refractivity contribution in [3.8, 4) is 0 Å². The average molecular weight is 196 g/mol. The number of nitrogens with zero attached hydrogens (tertiary/aromatic N) is 2. The smallest absolute Gasteiger partial charge is 0.228 e. The first-order valence-electron chi connectivity index (χ1n) is 4.51. The second-order valence-electron chi connectivity index (χ2n) is 3.24. The fourth-order valence-corrected chi connectivity index (χ4v) is 2.12. The summed E-state index contributed by atoms with van der Waals surface area (Å²) in [7, 11) is 0. The summed E-state index contributed by atoms with van der Waals surface area (Å²) in [5, 5.41) is 1.94. The van der Waals surface area contributed by atoms with E-state index < -0.39 is 0 Å². The van der Waals surface area contributed by atoms with Gasteiger partial charge in [0, 0.05) is 18.5 Å². The molecule has 0 N–H and O–H groups in total. The highest BCUT2D eigenvalue weighted by Crippen LogP contribution is 2.10. The van der Waals surface area contributed by atoms with Crippen LogP contribution in [0.5, 0.6) is 0 Å². The molecule has 0 radical (unpaired) electrons. The maximum Gasteiger partial charge on any atom is 0.228 e. The highest BCUT2D eigenvalue weighted by Gasteiger charge is 2.18. The van der Waals surface area contributed by atoms with Crippen molar-refractivity contribution in [2.24, 2.45) is 0 Å².